The van der Waals surface area contributed by atoms with Gasteiger partial charge in [-0.15, -0.1) is 0 Å². The molecule has 0 unspecified atom stereocenters. The SMILES string of the molecule is c1ccc2c(c1)ccc1cc(-c3ccc(-c4ccc5c6ccccc6c6ccccc6c5c4)cc3)ccc12. The zero-order valence-corrected chi connectivity index (χ0v) is 20.9. The molecule has 0 heteroatoms. The largest absolute Gasteiger partial charge is 0.0616 e. The minimum atomic E-state index is 1.24. The van der Waals surface area contributed by atoms with Gasteiger partial charge in [-0.1, -0.05) is 133 Å². The zero-order chi connectivity index (χ0) is 25.1. The molecule has 0 aliphatic carbocycles. The summed E-state index contributed by atoms with van der Waals surface area (Å²) in [5.41, 5.74) is 4.96. The molecule has 0 aromatic heterocycles. The summed E-state index contributed by atoms with van der Waals surface area (Å²) in [6.45, 7) is 0. The smallest absolute Gasteiger partial charge is 0.00928 e. The van der Waals surface area contributed by atoms with Crippen molar-refractivity contribution >= 4 is 53.9 Å². The van der Waals surface area contributed by atoms with E-state index in [1.807, 2.05) is 0 Å². The molecule has 8 rings (SSSR count). The quantitative estimate of drug-likeness (QED) is 0.216. The summed E-state index contributed by atoms with van der Waals surface area (Å²) >= 11 is 0. The molecule has 0 fully saturated rings. The van der Waals surface area contributed by atoms with E-state index in [0.29, 0.717) is 0 Å². The van der Waals surface area contributed by atoms with E-state index in [9.17, 15) is 0 Å². The molecule has 8 aromatic rings. The van der Waals surface area contributed by atoms with Crippen molar-refractivity contribution in [3.63, 3.8) is 0 Å². The molecule has 0 N–H and O–H groups in total. The Kier molecular flexibility index (Phi) is 4.62. The summed E-state index contributed by atoms with van der Waals surface area (Å²) in [6, 6.07) is 53.3. The second-order valence-corrected chi connectivity index (χ2v) is 10.2. The molecular weight excluding hydrogens is 456 g/mol. The molecule has 0 radical (unpaired) electrons. The van der Waals surface area contributed by atoms with Gasteiger partial charge in [0.05, 0.1) is 0 Å². The number of fused-ring (bicyclic) bond motifs is 9. The van der Waals surface area contributed by atoms with E-state index in [0.717, 1.165) is 0 Å². The van der Waals surface area contributed by atoms with Gasteiger partial charge in [-0.2, -0.15) is 0 Å². The lowest BCUT2D eigenvalue weighted by atomic mass is 9.91. The first-order valence-corrected chi connectivity index (χ1v) is 13.2. The van der Waals surface area contributed by atoms with E-state index in [4.69, 9.17) is 0 Å². The van der Waals surface area contributed by atoms with Crippen LogP contribution in [-0.2, 0) is 0 Å². The monoisotopic (exact) mass is 480 g/mol. The highest BCUT2D eigenvalue weighted by molar-refractivity contribution is 6.25. The Morgan fingerprint density at radius 2 is 0.605 bits per heavy atom. The molecular formula is C38H24. The van der Waals surface area contributed by atoms with Gasteiger partial charge in [-0.3, -0.25) is 0 Å². The highest BCUT2D eigenvalue weighted by atomic mass is 14.1. The topological polar surface area (TPSA) is 0 Å². The summed E-state index contributed by atoms with van der Waals surface area (Å²) in [5, 5.41) is 13.0. The van der Waals surface area contributed by atoms with Crippen molar-refractivity contribution in [2.75, 3.05) is 0 Å². The van der Waals surface area contributed by atoms with Gasteiger partial charge in [0.1, 0.15) is 0 Å². The molecule has 0 aliphatic rings. The van der Waals surface area contributed by atoms with Gasteiger partial charge in [0.25, 0.3) is 0 Å². The van der Waals surface area contributed by atoms with Crippen LogP contribution in [0.4, 0.5) is 0 Å². The van der Waals surface area contributed by atoms with Gasteiger partial charge in [-0.05, 0) is 88.2 Å². The standard InChI is InChI=1S/C38H24/c1-2-8-31-27(7-1)17-18-30-23-28(19-21-32(30)31)25-13-15-26(16-14-25)29-20-22-37-35-11-4-3-9-33(35)34-10-5-6-12-36(34)38(37)24-29/h1-24H. The third-order valence-electron chi connectivity index (χ3n) is 8.04. The third-order valence-corrected chi connectivity index (χ3v) is 8.04. The average molecular weight is 481 g/mol. The van der Waals surface area contributed by atoms with Crippen LogP contribution >= 0.6 is 0 Å². The molecule has 0 amide bonds. The number of hydrogen-bond acceptors (Lipinski definition) is 0. The van der Waals surface area contributed by atoms with Gasteiger partial charge >= 0.3 is 0 Å². The molecule has 8 aromatic carbocycles. The van der Waals surface area contributed by atoms with E-state index < -0.39 is 0 Å². The molecule has 0 aliphatic heterocycles. The molecule has 0 spiro atoms. The first-order valence-electron chi connectivity index (χ1n) is 13.2. The van der Waals surface area contributed by atoms with Gasteiger partial charge < -0.3 is 0 Å². The van der Waals surface area contributed by atoms with Crippen molar-refractivity contribution in [3.05, 3.63) is 146 Å². The number of rotatable bonds is 2. The maximum Gasteiger partial charge on any atom is -0.00928 e. The van der Waals surface area contributed by atoms with Crippen molar-refractivity contribution in [2.45, 2.75) is 0 Å². The summed E-state index contributed by atoms with van der Waals surface area (Å²) in [4.78, 5) is 0. The fourth-order valence-electron chi connectivity index (χ4n) is 6.13. The van der Waals surface area contributed by atoms with Gasteiger partial charge in [0.15, 0.2) is 0 Å². The predicted octanol–water partition coefficient (Wildman–Crippen LogP) is 10.8. The second kappa shape index (κ2) is 8.30. The first-order chi connectivity index (χ1) is 18.8. The van der Waals surface area contributed by atoms with E-state index in [1.54, 1.807) is 0 Å². The maximum atomic E-state index is 2.36. The fraction of sp³-hybridized carbons (Fsp3) is 0. The first kappa shape index (κ1) is 21.2. The Labute approximate surface area is 221 Å². The van der Waals surface area contributed by atoms with E-state index >= 15 is 0 Å². The Morgan fingerprint density at radius 3 is 1.24 bits per heavy atom. The molecule has 176 valence electrons. The van der Waals surface area contributed by atoms with E-state index in [1.165, 1.54) is 76.1 Å². The lowest BCUT2D eigenvalue weighted by Gasteiger charge is -2.12. The maximum absolute atomic E-state index is 2.36. The summed E-state index contributed by atoms with van der Waals surface area (Å²) in [5.74, 6) is 0. The third kappa shape index (κ3) is 3.24. The highest BCUT2D eigenvalue weighted by Crippen LogP contribution is 2.37. The van der Waals surface area contributed by atoms with Crippen molar-refractivity contribution in [2.24, 2.45) is 0 Å². The fourth-order valence-corrected chi connectivity index (χ4v) is 6.13. The molecule has 0 saturated heterocycles. The van der Waals surface area contributed by atoms with Gasteiger partial charge in [-0.25, -0.2) is 0 Å². The highest BCUT2D eigenvalue weighted by Gasteiger charge is 2.10. The Morgan fingerprint density at radius 1 is 0.211 bits per heavy atom. The van der Waals surface area contributed by atoms with Crippen LogP contribution in [0.25, 0.3) is 76.1 Å². The van der Waals surface area contributed by atoms with Crippen LogP contribution in [0.15, 0.2) is 146 Å². The second-order valence-electron chi connectivity index (χ2n) is 10.2. The summed E-state index contributed by atoms with van der Waals surface area (Å²) in [7, 11) is 0. The molecule has 0 atom stereocenters. The Bertz CT molecular complexity index is 2130. The van der Waals surface area contributed by atoms with Crippen molar-refractivity contribution in [3.8, 4) is 22.3 Å². The van der Waals surface area contributed by atoms with Crippen molar-refractivity contribution < 1.29 is 0 Å². The van der Waals surface area contributed by atoms with Crippen LogP contribution in [0, 0.1) is 0 Å². The van der Waals surface area contributed by atoms with Crippen LogP contribution in [0.2, 0.25) is 0 Å². The average Bonchev–Trinajstić information content (AvgIpc) is 3.01. The van der Waals surface area contributed by atoms with Crippen LogP contribution in [0.1, 0.15) is 0 Å². The van der Waals surface area contributed by atoms with Crippen LogP contribution in [-0.4, -0.2) is 0 Å². The Hall–Kier alpha value is -4.94. The van der Waals surface area contributed by atoms with Crippen molar-refractivity contribution in [1.82, 2.24) is 0 Å². The Balaban J connectivity index is 1.22. The summed E-state index contributed by atoms with van der Waals surface area (Å²) < 4.78 is 0. The molecule has 0 saturated carbocycles. The molecule has 0 bridgehead atoms. The zero-order valence-electron chi connectivity index (χ0n) is 20.9. The van der Waals surface area contributed by atoms with Gasteiger partial charge in [0, 0.05) is 0 Å². The number of benzene rings is 8. The summed E-state index contributed by atoms with van der Waals surface area (Å²) in [6.07, 6.45) is 0. The normalized spacial score (nSPS) is 11.7. The van der Waals surface area contributed by atoms with Crippen LogP contribution in [0.5, 0.6) is 0 Å². The lowest BCUT2D eigenvalue weighted by Crippen LogP contribution is -1.85. The predicted molar refractivity (Wildman–Crippen MR) is 165 cm³/mol. The molecule has 0 nitrogen and oxygen atoms in total. The van der Waals surface area contributed by atoms with Gasteiger partial charge in [0.2, 0.25) is 0 Å². The van der Waals surface area contributed by atoms with Crippen LogP contribution < -0.4 is 0 Å². The van der Waals surface area contributed by atoms with Crippen LogP contribution in [0.3, 0.4) is 0 Å². The minimum Gasteiger partial charge on any atom is -0.0616 e. The van der Waals surface area contributed by atoms with E-state index in [2.05, 4.69) is 146 Å². The lowest BCUT2D eigenvalue weighted by molar-refractivity contribution is 1.62. The molecule has 38 heavy (non-hydrogen) atoms. The number of hydrogen-bond donors (Lipinski definition) is 0. The molecule has 0 heterocycles. The van der Waals surface area contributed by atoms with Crippen molar-refractivity contribution in [1.29, 1.82) is 0 Å². The minimum absolute atomic E-state index is 1.24. The van der Waals surface area contributed by atoms with E-state index in [-0.39, 0.29) is 0 Å².